The molecule has 0 aliphatic rings. The van der Waals surface area contributed by atoms with Gasteiger partial charge in [0.2, 0.25) is 0 Å². The number of halogens is 1. The molecule has 2 N–H and O–H groups in total. The topological polar surface area (TPSA) is 76.4 Å². The highest BCUT2D eigenvalue weighted by molar-refractivity contribution is 6.30. The van der Waals surface area contributed by atoms with E-state index in [1.165, 1.54) is 0 Å². The molecule has 1 aromatic carbocycles. The molecule has 0 amide bonds. The van der Waals surface area contributed by atoms with Gasteiger partial charge in [0.15, 0.2) is 11.8 Å². The van der Waals surface area contributed by atoms with Gasteiger partial charge < -0.3 is 19.9 Å². The molecule has 0 saturated heterocycles. The van der Waals surface area contributed by atoms with E-state index in [9.17, 15) is 0 Å². The third-order valence-corrected chi connectivity index (χ3v) is 4.46. The molecule has 0 aliphatic heterocycles. The summed E-state index contributed by atoms with van der Waals surface area (Å²) in [5.41, 5.74) is 1.10. The molecule has 0 saturated carbocycles. The van der Waals surface area contributed by atoms with Gasteiger partial charge in [0, 0.05) is 31.8 Å². The normalized spacial score (nSPS) is 12.9. The molecule has 7 nitrogen and oxygen atoms in total. The fourth-order valence-corrected chi connectivity index (χ4v) is 2.68. The van der Waals surface area contributed by atoms with Crippen LogP contribution in [-0.2, 0) is 18.3 Å². The minimum absolute atomic E-state index is 0.0584. The first-order valence-corrected chi connectivity index (χ1v) is 9.62. The van der Waals surface area contributed by atoms with Gasteiger partial charge in [-0.15, -0.1) is 10.2 Å². The molecule has 0 spiro atoms. The Bertz CT molecular complexity index is 746. The Morgan fingerprint density at radius 2 is 2.19 bits per heavy atom. The average molecular weight is 393 g/mol. The summed E-state index contributed by atoms with van der Waals surface area (Å²) in [7, 11) is 1.94. The van der Waals surface area contributed by atoms with E-state index in [1.54, 1.807) is 0 Å². The molecule has 27 heavy (non-hydrogen) atoms. The molecule has 0 fully saturated rings. The first-order valence-electron chi connectivity index (χ1n) is 9.24. The SMILES string of the molecule is CCOCCCNC(=NCc1nnc(C)n1C)NC(C)c1cccc(Cl)c1. The Kier molecular flexibility index (Phi) is 8.54. The van der Waals surface area contributed by atoms with Crippen LogP contribution in [0.3, 0.4) is 0 Å². The number of benzene rings is 1. The number of nitrogens with one attached hydrogen (secondary N) is 2. The van der Waals surface area contributed by atoms with Gasteiger partial charge in [0.25, 0.3) is 0 Å². The number of hydrogen-bond donors (Lipinski definition) is 2. The Morgan fingerprint density at radius 3 is 2.85 bits per heavy atom. The minimum atomic E-state index is 0.0584. The summed E-state index contributed by atoms with van der Waals surface area (Å²) >= 11 is 6.11. The standard InChI is InChI=1S/C19H29ClN6O/c1-5-27-11-7-10-21-19(22-13-18-25-24-15(3)26(18)4)23-14(2)16-8-6-9-17(20)12-16/h6,8-9,12,14H,5,7,10-11,13H2,1-4H3,(H2,21,22,23). The van der Waals surface area contributed by atoms with Crippen LogP contribution in [0.5, 0.6) is 0 Å². The van der Waals surface area contributed by atoms with Crippen LogP contribution in [0, 0.1) is 6.92 Å². The number of aryl methyl sites for hydroxylation is 1. The van der Waals surface area contributed by atoms with E-state index >= 15 is 0 Å². The molecule has 1 unspecified atom stereocenters. The third kappa shape index (κ3) is 6.84. The summed E-state index contributed by atoms with van der Waals surface area (Å²) in [6.45, 7) is 8.67. The van der Waals surface area contributed by atoms with Gasteiger partial charge in [0.1, 0.15) is 12.4 Å². The molecule has 0 aliphatic carbocycles. The average Bonchev–Trinajstić information content (AvgIpc) is 2.97. The van der Waals surface area contributed by atoms with Crippen molar-refractivity contribution in [3.05, 3.63) is 46.5 Å². The van der Waals surface area contributed by atoms with Crippen LogP contribution >= 0.6 is 11.6 Å². The van der Waals surface area contributed by atoms with Crippen molar-refractivity contribution in [2.75, 3.05) is 19.8 Å². The predicted molar refractivity (Wildman–Crippen MR) is 109 cm³/mol. The first-order chi connectivity index (χ1) is 13.0. The van der Waals surface area contributed by atoms with E-state index in [0.717, 1.165) is 54.4 Å². The summed E-state index contributed by atoms with van der Waals surface area (Å²) < 4.78 is 7.33. The lowest BCUT2D eigenvalue weighted by Gasteiger charge is -2.19. The van der Waals surface area contributed by atoms with Gasteiger partial charge >= 0.3 is 0 Å². The zero-order valence-corrected chi connectivity index (χ0v) is 17.3. The van der Waals surface area contributed by atoms with Crippen molar-refractivity contribution in [1.82, 2.24) is 25.4 Å². The number of rotatable bonds is 9. The van der Waals surface area contributed by atoms with Gasteiger partial charge in [0.05, 0.1) is 6.04 Å². The van der Waals surface area contributed by atoms with Crippen molar-refractivity contribution in [1.29, 1.82) is 0 Å². The second-order valence-electron chi connectivity index (χ2n) is 6.29. The van der Waals surface area contributed by atoms with Crippen molar-refractivity contribution in [3.63, 3.8) is 0 Å². The Morgan fingerprint density at radius 1 is 1.37 bits per heavy atom. The fraction of sp³-hybridized carbons (Fsp3) is 0.526. The maximum atomic E-state index is 6.11. The molecule has 2 aromatic rings. The number of hydrogen-bond acceptors (Lipinski definition) is 4. The Balaban J connectivity index is 2.03. The van der Waals surface area contributed by atoms with E-state index in [0.29, 0.717) is 6.54 Å². The second kappa shape index (κ2) is 10.9. The summed E-state index contributed by atoms with van der Waals surface area (Å²) in [5.74, 6) is 2.41. The summed E-state index contributed by atoms with van der Waals surface area (Å²) in [6.07, 6.45) is 0.906. The lowest BCUT2D eigenvalue weighted by atomic mass is 10.1. The van der Waals surface area contributed by atoms with Gasteiger partial charge in [-0.2, -0.15) is 0 Å². The summed E-state index contributed by atoms with van der Waals surface area (Å²) in [4.78, 5) is 4.67. The van der Waals surface area contributed by atoms with Gasteiger partial charge in [-0.1, -0.05) is 23.7 Å². The largest absolute Gasteiger partial charge is 0.382 e. The van der Waals surface area contributed by atoms with E-state index in [4.69, 9.17) is 16.3 Å². The van der Waals surface area contributed by atoms with Crippen LogP contribution < -0.4 is 10.6 Å². The van der Waals surface area contributed by atoms with Crippen LogP contribution in [0.4, 0.5) is 0 Å². The fourth-order valence-electron chi connectivity index (χ4n) is 2.48. The summed E-state index contributed by atoms with van der Waals surface area (Å²) in [5, 5.41) is 15.8. The number of nitrogens with zero attached hydrogens (tertiary/aromatic N) is 4. The van der Waals surface area contributed by atoms with Crippen molar-refractivity contribution in [3.8, 4) is 0 Å². The van der Waals surface area contributed by atoms with Crippen LogP contribution in [0.15, 0.2) is 29.3 Å². The number of ether oxygens (including phenoxy) is 1. The highest BCUT2D eigenvalue weighted by Gasteiger charge is 2.10. The number of aromatic nitrogens is 3. The van der Waals surface area contributed by atoms with Crippen LogP contribution in [0.25, 0.3) is 0 Å². The lowest BCUT2D eigenvalue weighted by Crippen LogP contribution is -2.39. The monoisotopic (exact) mass is 392 g/mol. The Labute approximate surface area is 166 Å². The van der Waals surface area contributed by atoms with Crippen LogP contribution in [0.1, 0.15) is 43.5 Å². The second-order valence-corrected chi connectivity index (χ2v) is 6.72. The molecule has 148 valence electrons. The highest BCUT2D eigenvalue weighted by atomic mass is 35.5. The zero-order chi connectivity index (χ0) is 19.6. The quantitative estimate of drug-likeness (QED) is 0.389. The first kappa shape index (κ1) is 21.2. The van der Waals surface area contributed by atoms with Crippen molar-refractivity contribution in [2.45, 2.75) is 39.8 Å². The van der Waals surface area contributed by atoms with Gasteiger partial charge in [-0.25, -0.2) is 4.99 Å². The van der Waals surface area contributed by atoms with Crippen LogP contribution in [-0.4, -0.2) is 40.5 Å². The molecule has 2 rings (SSSR count). The lowest BCUT2D eigenvalue weighted by molar-refractivity contribution is 0.145. The van der Waals surface area contributed by atoms with Crippen LogP contribution in [0.2, 0.25) is 5.02 Å². The number of guanidine groups is 1. The molecule has 1 atom stereocenters. The molecule has 1 heterocycles. The third-order valence-electron chi connectivity index (χ3n) is 4.23. The van der Waals surface area contributed by atoms with Gasteiger partial charge in [-0.3, -0.25) is 0 Å². The molecule has 8 heteroatoms. The maximum absolute atomic E-state index is 6.11. The molecule has 1 aromatic heterocycles. The van der Waals surface area contributed by atoms with Gasteiger partial charge in [-0.05, 0) is 44.9 Å². The smallest absolute Gasteiger partial charge is 0.192 e. The molecule has 0 radical (unpaired) electrons. The predicted octanol–water partition coefficient (Wildman–Crippen LogP) is 3.00. The highest BCUT2D eigenvalue weighted by Crippen LogP contribution is 2.17. The van der Waals surface area contributed by atoms with Crippen molar-refractivity contribution < 1.29 is 4.74 Å². The number of aliphatic imine (C=N–C) groups is 1. The molecular formula is C19H29ClN6O. The van der Waals surface area contributed by atoms with Crippen molar-refractivity contribution in [2.24, 2.45) is 12.0 Å². The molecule has 0 bridgehead atoms. The Hall–Kier alpha value is -2.12. The zero-order valence-electron chi connectivity index (χ0n) is 16.5. The van der Waals surface area contributed by atoms with Crippen molar-refractivity contribution >= 4 is 17.6 Å². The van der Waals surface area contributed by atoms with E-state index < -0.39 is 0 Å². The van der Waals surface area contributed by atoms with E-state index in [2.05, 4.69) is 32.7 Å². The van der Waals surface area contributed by atoms with E-state index in [-0.39, 0.29) is 6.04 Å². The minimum Gasteiger partial charge on any atom is -0.382 e. The maximum Gasteiger partial charge on any atom is 0.192 e. The molecular weight excluding hydrogens is 364 g/mol. The summed E-state index contributed by atoms with van der Waals surface area (Å²) in [6, 6.07) is 7.88. The van der Waals surface area contributed by atoms with E-state index in [1.807, 2.05) is 49.7 Å².